The van der Waals surface area contributed by atoms with E-state index in [4.69, 9.17) is 19.9 Å². The number of aromatic nitrogens is 1. The summed E-state index contributed by atoms with van der Waals surface area (Å²) in [5.41, 5.74) is 6.30. The Bertz CT molecular complexity index is 715. The molecule has 1 aromatic heterocycles. The number of carboxylic acids is 1. The van der Waals surface area contributed by atoms with Crippen molar-refractivity contribution in [2.24, 2.45) is 0 Å². The van der Waals surface area contributed by atoms with E-state index in [1.165, 1.54) is 27.4 Å². The molecule has 7 heteroatoms. The smallest absolute Gasteiger partial charge is 0.355 e. The topological polar surface area (TPSA) is 104 Å². The first-order chi connectivity index (χ1) is 10.5. The van der Waals surface area contributed by atoms with Gasteiger partial charge in [-0.3, -0.25) is 0 Å². The molecule has 1 aromatic carbocycles. The van der Waals surface area contributed by atoms with Crippen LogP contribution in [0.15, 0.2) is 24.3 Å². The summed E-state index contributed by atoms with van der Waals surface area (Å²) in [5.74, 6) is 0.148. The second-order valence-electron chi connectivity index (χ2n) is 4.32. The van der Waals surface area contributed by atoms with Gasteiger partial charge in [0.1, 0.15) is 5.82 Å². The number of nitrogens with two attached hydrogens (primary N) is 1. The maximum Gasteiger partial charge on any atom is 0.355 e. The Labute approximate surface area is 127 Å². The number of nitrogen functional groups attached to an aromatic ring is 1. The first kappa shape index (κ1) is 15.4. The summed E-state index contributed by atoms with van der Waals surface area (Å²) in [6, 6.07) is 6.45. The van der Waals surface area contributed by atoms with Gasteiger partial charge in [-0.25, -0.2) is 9.78 Å². The number of anilines is 1. The van der Waals surface area contributed by atoms with Crippen molar-refractivity contribution in [3.63, 3.8) is 0 Å². The third kappa shape index (κ3) is 2.60. The third-order valence-corrected chi connectivity index (χ3v) is 3.11. The van der Waals surface area contributed by atoms with Crippen LogP contribution in [0.2, 0.25) is 0 Å². The largest absolute Gasteiger partial charge is 0.493 e. The number of ether oxygens (including phenoxy) is 3. The predicted octanol–water partition coefficient (Wildman–Crippen LogP) is 2.05. The fourth-order valence-corrected chi connectivity index (χ4v) is 2.17. The van der Waals surface area contributed by atoms with E-state index in [0.29, 0.717) is 28.4 Å². The molecule has 0 fully saturated rings. The highest BCUT2D eigenvalue weighted by molar-refractivity contribution is 5.96. The van der Waals surface area contributed by atoms with Crippen molar-refractivity contribution in [3.8, 4) is 28.4 Å². The maximum atomic E-state index is 11.4. The molecule has 0 aliphatic rings. The number of rotatable bonds is 5. The third-order valence-electron chi connectivity index (χ3n) is 3.11. The fourth-order valence-electron chi connectivity index (χ4n) is 2.17. The van der Waals surface area contributed by atoms with Gasteiger partial charge in [0.15, 0.2) is 17.2 Å². The van der Waals surface area contributed by atoms with E-state index in [0.717, 1.165) is 0 Å². The summed E-state index contributed by atoms with van der Waals surface area (Å²) in [6.07, 6.45) is 0. The molecule has 1 heterocycles. The van der Waals surface area contributed by atoms with Crippen LogP contribution in [0.4, 0.5) is 5.82 Å². The molecule has 0 unspecified atom stereocenters. The molecule has 7 nitrogen and oxygen atoms in total. The zero-order valence-electron chi connectivity index (χ0n) is 12.4. The summed E-state index contributed by atoms with van der Waals surface area (Å²) in [6.45, 7) is 0. The molecule has 0 radical (unpaired) electrons. The van der Waals surface area contributed by atoms with E-state index in [1.54, 1.807) is 18.2 Å². The van der Waals surface area contributed by atoms with Gasteiger partial charge in [-0.1, -0.05) is 0 Å². The summed E-state index contributed by atoms with van der Waals surface area (Å²) in [5, 5.41) is 9.33. The van der Waals surface area contributed by atoms with Crippen molar-refractivity contribution in [2.45, 2.75) is 0 Å². The number of carbonyl (C=O) groups is 1. The maximum absolute atomic E-state index is 11.4. The van der Waals surface area contributed by atoms with Gasteiger partial charge in [-0.15, -0.1) is 0 Å². The quantitative estimate of drug-likeness (QED) is 0.871. The summed E-state index contributed by atoms with van der Waals surface area (Å²) in [4.78, 5) is 15.3. The van der Waals surface area contributed by atoms with Crippen molar-refractivity contribution in [2.75, 3.05) is 27.1 Å². The molecule has 2 aromatic rings. The van der Waals surface area contributed by atoms with Crippen LogP contribution in [-0.2, 0) is 0 Å². The SMILES string of the molecule is COc1ccc(-c2ccc(N)nc2C(=O)O)c(OC)c1OC. The zero-order valence-corrected chi connectivity index (χ0v) is 12.4. The van der Waals surface area contributed by atoms with Gasteiger partial charge in [-0.2, -0.15) is 0 Å². The molecule has 0 amide bonds. The summed E-state index contributed by atoms with van der Waals surface area (Å²) in [7, 11) is 4.44. The van der Waals surface area contributed by atoms with Gasteiger partial charge >= 0.3 is 5.97 Å². The predicted molar refractivity (Wildman–Crippen MR) is 80.7 cm³/mol. The fraction of sp³-hybridized carbons (Fsp3) is 0.200. The molecule has 3 N–H and O–H groups in total. The molecule has 0 aliphatic carbocycles. The number of carboxylic acid groups (broad SMARTS) is 1. The van der Waals surface area contributed by atoms with Crippen molar-refractivity contribution >= 4 is 11.8 Å². The first-order valence-electron chi connectivity index (χ1n) is 6.32. The molecule has 0 saturated heterocycles. The van der Waals surface area contributed by atoms with Crippen LogP contribution in [0.25, 0.3) is 11.1 Å². The highest BCUT2D eigenvalue weighted by Gasteiger charge is 2.22. The van der Waals surface area contributed by atoms with Crippen LogP contribution < -0.4 is 19.9 Å². The molecule has 116 valence electrons. The van der Waals surface area contributed by atoms with Crippen LogP contribution in [0, 0.1) is 0 Å². The molecule has 0 saturated carbocycles. The van der Waals surface area contributed by atoms with E-state index >= 15 is 0 Å². The van der Waals surface area contributed by atoms with Gasteiger partial charge in [0, 0.05) is 11.1 Å². The van der Waals surface area contributed by atoms with Crippen LogP contribution in [0.1, 0.15) is 10.5 Å². The Morgan fingerprint density at radius 2 is 1.64 bits per heavy atom. The minimum Gasteiger partial charge on any atom is -0.493 e. The number of aromatic carboxylic acids is 1. The van der Waals surface area contributed by atoms with Crippen LogP contribution in [-0.4, -0.2) is 37.4 Å². The average molecular weight is 304 g/mol. The van der Waals surface area contributed by atoms with Crippen LogP contribution in [0.5, 0.6) is 17.2 Å². The lowest BCUT2D eigenvalue weighted by Crippen LogP contribution is -2.06. The lowest BCUT2D eigenvalue weighted by molar-refractivity contribution is 0.0691. The monoisotopic (exact) mass is 304 g/mol. The lowest BCUT2D eigenvalue weighted by Gasteiger charge is -2.16. The van der Waals surface area contributed by atoms with Gasteiger partial charge in [0.25, 0.3) is 0 Å². The van der Waals surface area contributed by atoms with Crippen molar-refractivity contribution in [3.05, 3.63) is 30.0 Å². The summed E-state index contributed by atoms with van der Waals surface area (Å²) >= 11 is 0. The highest BCUT2D eigenvalue weighted by Crippen LogP contribution is 2.44. The Balaban J connectivity index is 2.75. The highest BCUT2D eigenvalue weighted by atomic mass is 16.5. The van der Waals surface area contributed by atoms with E-state index in [2.05, 4.69) is 4.98 Å². The van der Waals surface area contributed by atoms with E-state index in [1.807, 2.05) is 0 Å². The Hall–Kier alpha value is -2.96. The van der Waals surface area contributed by atoms with Crippen molar-refractivity contribution in [1.82, 2.24) is 4.98 Å². The minimum absolute atomic E-state index is 0.126. The number of methoxy groups -OCH3 is 3. The summed E-state index contributed by atoms with van der Waals surface area (Å²) < 4.78 is 15.9. The van der Waals surface area contributed by atoms with Gasteiger partial charge < -0.3 is 25.1 Å². The Morgan fingerprint density at radius 3 is 2.18 bits per heavy atom. The van der Waals surface area contributed by atoms with Gasteiger partial charge in [0.05, 0.1) is 21.3 Å². The van der Waals surface area contributed by atoms with E-state index in [9.17, 15) is 9.90 Å². The second kappa shape index (κ2) is 6.21. The average Bonchev–Trinajstić information content (AvgIpc) is 2.53. The Morgan fingerprint density at radius 1 is 1.00 bits per heavy atom. The second-order valence-corrected chi connectivity index (χ2v) is 4.32. The number of benzene rings is 1. The van der Waals surface area contributed by atoms with E-state index in [-0.39, 0.29) is 11.5 Å². The number of nitrogens with zero attached hydrogens (tertiary/aromatic N) is 1. The number of hydrogen-bond acceptors (Lipinski definition) is 6. The molecule has 2 rings (SSSR count). The standard InChI is InChI=1S/C15H16N2O5/c1-20-10-6-4-9(13(21-2)14(10)22-3)8-5-7-11(16)17-12(8)15(18)19/h4-7H,1-3H3,(H2,16,17)(H,18,19). The van der Waals surface area contributed by atoms with Crippen molar-refractivity contribution in [1.29, 1.82) is 0 Å². The Kier molecular flexibility index (Phi) is 4.36. The van der Waals surface area contributed by atoms with Crippen molar-refractivity contribution < 1.29 is 24.1 Å². The molecular formula is C15H16N2O5. The first-order valence-corrected chi connectivity index (χ1v) is 6.32. The minimum atomic E-state index is -1.18. The molecular weight excluding hydrogens is 288 g/mol. The zero-order chi connectivity index (χ0) is 16.3. The normalized spacial score (nSPS) is 10.1. The molecule has 22 heavy (non-hydrogen) atoms. The lowest BCUT2D eigenvalue weighted by atomic mass is 10.0. The number of hydrogen-bond donors (Lipinski definition) is 2. The molecule has 0 aliphatic heterocycles. The molecule has 0 spiro atoms. The molecule has 0 atom stereocenters. The van der Waals surface area contributed by atoms with Gasteiger partial charge in [0.2, 0.25) is 5.75 Å². The van der Waals surface area contributed by atoms with Crippen LogP contribution >= 0.6 is 0 Å². The number of pyridine rings is 1. The van der Waals surface area contributed by atoms with E-state index < -0.39 is 5.97 Å². The van der Waals surface area contributed by atoms with Gasteiger partial charge in [-0.05, 0) is 24.3 Å². The molecule has 0 bridgehead atoms. The van der Waals surface area contributed by atoms with Crippen LogP contribution in [0.3, 0.4) is 0 Å².